The van der Waals surface area contributed by atoms with Crippen LogP contribution >= 0.6 is 68.0 Å². The first kappa shape index (κ1) is 20.4. The molecule has 8 aromatic heterocycles. The molecule has 0 bridgehead atoms. The third-order valence-electron chi connectivity index (χ3n) is 6.45. The van der Waals surface area contributed by atoms with E-state index in [4.69, 9.17) is 9.97 Å². The molecule has 0 atom stereocenters. The first-order valence-electron chi connectivity index (χ1n) is 11.0. The molecule has 9 rings (SSSR count). The molecule has 0 aliphatic carbocycles. The second-order valence-electron chi connectivity index (χ2n) is 8.74. The minimum atomic E-state index is 0.365. The average Bonchev–Trinajstić information content (AvgIpc) is 3.63. The van der Waals surface area contributed by atoms with Crippen molar-refractivity contribution in [2.45, 2.75) is 20.8 Å². The number of aryl methyl sites for hydroxylation is 3. The summed E-state index contributed by atoms with van der Waals surface area (Å²) in [4.78, 5) is 11.0. The van der Waals surface area contributed by atoms with Gasteiger partial charge in [-0.1, -0.05) is 0 Å². The molecule has 35 heavy (non-hydrogen) atoms. The fourth-order valence-electron chi connectivity index (χ4n) is 4.97. The van der Waals surface area contributed by atoms with E-state index < -0.39 is 0 Å². The van der Waals surface area contributed by atoms with Gasteiger partial charge >= 0.3 is 230 Å². The van der Waals surface area contributed by atoms with E-state index in [2.05, 4.69) is 49.6 Å². The Morgan fingerprint density at radius 2 is 1.20 bits per heavy atom. The number of thiophene rings is 4. The monoisotopic (exact) mass is 627 g/mol. The summed E-state index contributed by atoms with van der Waals surface area (Å²) in [5.41, 5.74) is 4.95. The number of thiazole rings is 2. The Morgan fingerprint density at radius 1 is 0.600 bits per heavy atom. The topological polar surface area (TPSA) is 30.7 Å². The van der Waals surface area contributed by atoms with Crippen molar-refractivity contribution in [2.75, 3.05) is 0 Å². The summed E-state index contributed by atoms with van der Waals surface area (Å²) in [6.07, 6.45) is 0. The molecular formula is C25H13N3S6Se. The van der Waals surface area contributed by atoms with Gasteiger partial charge in [0, 0.05) is 0 Å². The molecule has 0 spiro atoms. The van der Waals surface area contributed by atoms with E-state index >= 15 is 0 Å². The van der Waals surface area contributed by atoms with Crippen molar-refractivity contribution >= 4 is 149 Å². The van der Waals surface area contributed by atoms with E-state index in [1.807, 2.05) is 68.0 Å². The molecule has 0 saturated heterocycles. The normalized spacial score (nSPS) is 13.0. The van der Waals surface area contributed by atoms with Crippen LogP contribution in [0.25, 0.3) is 72.5 Å². The molecule has 0 N–H and O–H groups in total. The first-order valence-corrected chi connectivity index (χ1v) is 17.6. The molecule has 1 aromatic carbocycles. The van der Waals surface area contributed by atoms with Crippen LogP contribution in [0.1, 0.15) is 15.6 Å². The summed E-state index contributed by atoms with van der Waals surface area (Å²) in [5, 5.41) is 2.32. The zero-order valence-electron chi connectivity index (χ0n) is 18.5. The molecule has 10 heteroatoms. The number of hydrogen-bond acceptors (Lipinski definition) is 8. The number of rotatable bonds is 1. The summed E-state index contributed by atoms with van der Waals surface area (Å²) < 4.78 is 18.7. The van der Waals surface area contributed by atoms with Gasteiger partial charge in [-0.25, -0.2) is 0 Å². The molecule has 8 heterocycles. The second kappa shape index (κ2) is 6.82. The van der Waals surface area contributed by atoms with Gasteiger partial charge in [0.25, 0.3) is 0 Å². The number of hydrogen-bond donors (Lipinski definition) is 0. The van der Waals surface area contributed by atoms with Gasteiger partial charge in [-0.2, -0.15) is 0 Å². The molecule has 0 aliphatic rings. The Labute approximate surface area is 228 Å². The van der Waals surface area contributed by atoms with Crippen molar-refractivity contribution < 1.29 is 0 Å². The van der Waals surface area contributed by atoms with E-state index in [1.165, 1.54) is 68.9 Å². The third-order valence-corrected chi connectivity index (χ3v) is 17.7. The van der Waals surface area contributed by atoms with Crippen LogP contribution in [0.3, 0.4) is 0 Å². The SMILES string of the molecule is Cc1ccc(-n2c3nc(C)sc3c3sc4c5sc6c7sc8nc(C)sc8c7[se]c6c5sc4c32)cc1. The molecule has 0 unspecified atom stereocenters. The van der Waals surface area contributed by atoms with Gasteiger partial charge in [-0.15, -0.1) is 0 Å². The van der Waals surface area contributed by atoms with Crippen molar-refractivity contribution in [1.82, 2.24) is 14.5 Å². The van der Waals surface area contributed by atoms with Crippen LogP contribution in [0.15, 0.2) is 24.3 Å². The molecule has 0 saturated carbocycles. The zero-order valence-corrected chi connectivity index (χ0v) is 25.1. The predicted octanol–water partition coefficient (Wildman–Crippen LogP) is 9.69. The molecule has 9 aromatic rings. The van der Waals surface area contributed by atoms with Crippen LogP contribution in [0.2, 0.25) is 0 Å². The van der Waals surface area contributed by atoms with Crippen LogP contribution in [-0.4, -0.2) is 29.0 Å². The number of fused-ring (bicyclic) bond motifs is 13. The minimum absolute atomic E-state index is 0.365. The van der Waals surface area contributed by atoms with Gasteiger partial charge in [0.15, 0.2) is 0 Å². The molecular weight excluding hydrogens is 614 g/mol. The molecule has 0 amide bonds. The van der Waals surface area contributed by atoms with Gasteiger partial charge in [-0.3, -0.25) is 0 Å². The van der Waals surface area contributed by atoms with Crippen molar-refractivity contribution in [3.8, 4) is 5.69 Å². The standard InChI is InChI=1S/C25H13N3S6Se/c1-8-4-6-11(7-5-8)28-12-13-15(31-14(12)20-24(28)26-9(2)29-20)16-17(32-13)22-18(33-16)19-23(35-22)21-25(34-19)27-10(3)30-21/h4-7H,1-3H3. The predicted molar refractivity (Wildman–Crippen MR) is 162 cm³/mol. The third kappa shape index (κ3) is 2.54. The van der Waals surface area contributed by atoms with E-state index in [-0.39, 0.29) is 0 Å². The molecule has 3 nitrogen and oxygen atoms in total. The van der Waals surface area contributed by atoms with Crippen LogP contribution in [0.4, 0.5) is 0 Å². The second-order valence-corrected chi connectivity index (χ2v) is 17.4. The summed E-state index contributed by atoms with van der Waals surface area (Å²) >= 11 is 12.0. The van der Waals surface area contributed by atoms with Gasteiger partial charge in [0.2, 0.25) is 0 Å². The summed E-state index contributed by atoms with van der Waals surface area (Å²) in [5.74, 6) is 0. The van der Waals surface area contributed by atoms with E-state index in [9.17, 15) is 0 Å². The van der Waals surface area contributed by atoms with Crippen molar-refractivity contribution in [3.05, 3.63) is 39.8 Å². The zero-order chi connectivity index (χ0) is 23.2. The van der Waals surface area contributed by atoms with Gasteiger partial charge in [0.1, 0.15) is 0 Å². The number of aromatic nitrogens is 3. The van der Waals surface area contributed by atoms with Gasteiger partial charge in [0.05, 0.1) is 0 Å². The van der Waals surface area contributed by atoms with E-state index in [0.717, 1.165) is 10.7 Å². The fraction of sp³-hybridized carbons (Fsp3) is 0.120. The molecule has 170 valence electrons. The van der Waals surface area contributed by atoms with Crippen LogP contribution in [0, 0.1) is 20.8 Å². The summed E-state index contributed by atoms with van der Waals surface area (Å²) in [6.45, 7) is 6.40. The van der Waals surface area contributed by atoms with E-state index in [0.29, 0.717) is 14.5 Å². The molecule has 0 fully saturated rings. The van der Waals surface area contributed by atoms with Gasteiger partial charge < -0.3 is 0 Å². The van der Waals surface area contributed by atoms with E-state index in [1.54, 1.807) is 8.52 Å². The van der Waals surface area contributed by atoms with Crippen LogP contribution < -0.4 is 0 Å². The maximum absolute atomic E-state index is 4.97. The van der Waals surface area contributed by atoms with Crippen LogP contribution in [-0.2, 0) is 0 Å². The maximum atomic E-state index is 4.97. The first-order chi connectivity index (χ1) is 17.0. The Balaban J connectivity index is 1.42. The average molecular weight is 627 g/mol. The Kier molecular flexibility index (Phi) is 3.98. The van der Waals surface area contributed by atoms with Crippen molar-refractivity contribution in [2.24, 2.45) is 0 Å². The quantitative estimate of drug-likeness (QED) is 0.170. The Morgan fingerprint density at radius 3 is 2.06 bits per heavy atom. The number of nitrogens with zero attached hydrogens (tertiary/aromatic N) is 3. The van der Waals surface area contributed by atoms with Crippen molar-refractivity contribution in [1.29, 1.82) is 0 Å². The fourth-order valence-corrected chi connectivity index (χ4v) is 17.1. The molecule has 0 aliphatic heterocycles. The summed E-state index contributed by atoms with van der Waals surface area (Å²) in [6, 6.07) is 8.89. The molecule has 0 radical (unpaired) electrons. The summed E-state index contributed by atoms with van der Waals surface area (Å²) in [7, 11) is 0. The van der Waals surface area contributed by atoms with Gasteiger partial charge in [-0.05, 0) is 0 Å². The Bertz CT molecular complexity index is 2300. The number of benzene rings is 1. The van der Waals surface area contributed by atoms with Crippen molar-refractivity contribution in [3.63, 3.8) is 0 Å². The van der Waals surface area contributed by atoms with Crippen LogP contribution in [0.5, 0.6) is 0 Å². The Hall–Kier alpha value is -1.62.